The molecular weight excluding hydrogens is 342 g/mol. The van der Waals surface area contributed by atoms with Gasteiger partial charge in [0.25, 0.3) is 0 Å². The van der Waals surface area contributed by atoms with E-state index in [0.717, 1.165) is 44.9 Å². The van der Waals surface area contributed by atoms with Gasteiger partial charge in [-0.05, 0) is 56.3 Å². The molecule has 2 amide bonds. The van der Waals surface area contributed by atoms with Gasteiger partial charge in [0, 0.05) is 17.5 Å². The Morgan fingerprint density at radius 3 is 2.52 bits per heavy atom. The molecule has 1 aromatic rings. The first kappa shape index (κ1) is 19.7. The van der Waals surface area contributed by atoms with E-state index in [1.165, 1.54) is 6.42 Å². The number of rotatable bonds is 6. The summed E-state index contributed by atoms with van der Waals surface area (Å²) in [5, 5.41) is 5.99. The summed E-state index contributed by atoms with van der Waals surface area (Å²) in [6, 6.07) is 5.37. The molecule has 148 valence electrons. The standard InChI is InChI=1S/C21H31N3O3/c1-27-19-11-10-16(23-21(26)17-9-5-8-15(17)13-22)12-18(19)24-20(25)14-6-3-2-4-7-14/h10-12,14-15,17H,2-9,13,22H2,1H3,(H,23,26)(H,24,25)/t15-,17-/m1/s1. The summed E-state index contributed by atoms with van der Waals surface area (Å²) >= 11 is 0. The van der Waals surface area contributed by atoms with E-state index in [1.807, 2.05) is 0 Å². The Hall–Kier alpha value is -2.08. The maximum absolute atomic E-state index is 12.6. The molecule has 1 aromatic carbocycles. The number of nitrogens with one attached hydrogen (secondary N) is 2. The number of carbonyl (C=O) groups excluding carboxylic acids is 2. The van der Waals surface area contributed by atoms with E-state index in [9.17, 15) is 9.59 Å². The van der Waals surface area contributed by atoms with Crippen molar-refractivity contribution in [1.82, 2.24) is 0 Å². The zero-order chi connectivity index (χ0) is 19.2. The number of methoxy groups -OCH3 is 1. The van der Waals surface area contributed by atoms with E-state index in [0.29, 0.717) is 23.7 Å². The molecule has 2 aliphatic carbocycles. The van der Waals surface area contributed by atoms with Gasteiger partial charge < -0.3 is 21.1 Å². The molecule has 2 saturated carbocycles. The maximum atomic E-state index is 12.6. The lowest BCUT2D eigenvalue weighted by molar-refractivity contribution is -0.121. The van der Waals surface area contributed by atoms with E-state index < -0.39 is 0 Å². The van der Waals surface area contributed by atoms with E-state index in [-0.39, 0.29) is 29.6 Å². The Kier molecular flexibility index (Phi) is 6.72. The SMILES string of the molecule is COc1ccc(NC(=O)[C@@H]2CCC[C@@H]2CN)cc1NC(=O)C1CCCCC1. The minimum absolute atomic E-state index is 0.0117. The van der Waals surface area contributed by atoms with Crippen LogP contribution in [0.5, 0.6) is 5.75 Å². The van der Waals surface area contributed by atoms with E-state index in [4.69, 9.17) is 10.5 Å². The molecule has 0 aromatic heterocycles. The Bertz CT molecular complexity index is 671. The maximum Gasteiger partial charge on any atom is 0.227 e. The van der Waals surface area contributed by atoms with E-state index in [2.05, 4.69) is 10.6 Å². The van der Waals surface area contributed by atoms with Crippen LogP contribution in [0.4, 0.5) is 11.4 Å². The summed E-state index contributed by atoms with van der Waals surface area (Å²) in [7, 11) is 1.58. The Labute approximate surface area is 161 Å². The number of ether oxygens (including phenoxy) is 1. The third kappa shape index (κ3) is 4.80. The Balaban J connectivity index is 1.69. The molecular formula is C21H31N3O3. The highest BCUT2D eigenvalue weighted by Gasteiger charge is 2.32. The van der Waals surface area contributed by atoms with Crippen molar-refractivity contribution in [2.75, 3.05) is 24.3 Å². The fourth-order valence-corrected chi connectivity index (χ4v) is 4.38. The smallest absolute Gasteiger partial charge is 0.227 e. The second kappa shape index (κ2) is 9.22. The highest BCUT2D eigenvalue weighted by Crippen LogP contribution is 2.34. The highest BCUT2D eigenvalue weighted by molar-refractivity contribution is 5.97. The van der Waals surface area contributed by atoms with Gasteiger partial charge >= 0.3 is 0 Å². The molecule has 6 heteroatoms. The summed E-state index contributed by atoms with van der Waals surface area (Å²) in [5.41, 5.74) is 7.07. The summed E-state index contributed by atoms with van der Waals surface area (Å²) in [5.74, 6) is 0.933. The van der Waals surface area contributed by atoms with E-state index in [1.54, 1.807) is 25.3 Å². The van der Waals surface area contributed by atoms with Gasteiger partial charge in [0.05, 0.1) is 12.8 Å². The quantitative estimate of drug-likeness (QED) is 0.711. The van der Waals surface area contributed by atoms with Crippen LogP contribution in [0.1, 0.15) is 51.4 Å². The molecule has 0 bridgehead atoms. The number of hydrogen-bond donors (Lipinski definition) is 3. The molecule has 0 aliphatic heterocycles. The molecule has 6 nitrogen and oxygen atoms in total. The zero-order valence-corrected chi connectivity index (χ0v) is 16.1. The van der Waals surface area contributed by atoms with Crippen LogP contribution in [0.25, 0.3) is 0 Å². The van der Waals surface area contributed by atoms with Gasteiger partial charge in [-0.25, -0.2) is 0 Å². The van der Waals surface area contributed by atoms with Crippen LogP contribution >= 0.6 is 0 Å². The fraction of sp³-hybridized carbons (Fsp3) is 0.619. The van der Waals surface area contributed by atoms with Crippen molar-refractivity contribution in [3.8, 4) is 5.75 Å². The number of hydrogen-bond acceptors (Lipinski definition) is 4. The van der Waals surface area contributed by atoms with Crippen LogP contribution in [0.3, 0.4) is 0 Å². The molecule has 0 spiro atoms. The van der Waals surface area contributed by atoms with Gasteiger partial charge in [-0.15, -0.1) is 0 Å². The lowest BCUT2D eigenvalue weighted by Gasteiger charge is -2.22. The number of anilines is 2. The van der Waals surface area contributed by atoms with Gasteiger partial charge in [-0.3, -0.25) is 9.59 Å². The Morgan fingerprint density at radius 1 is 1.04 bits per heavy atom. The summed E-state index contributed by atoms with van der Waals surface area (Å²) in [6.07, 6.45) is 8.24. The van der Waals surface area contributed by atoms with Crippen molar-refractivity contribution in [1.29, 1.82) is 0 Å². The number of amides is 2. The molecule has 0 saturated heterocycles. The number of nitrogens with two attached hydrogens (primary N) is 1. The van der Waals surface area contributed by atoms with Crippen LogP contribution in [-0.2, 0) is 9.59 Å². The third-order valence-corrected chi connectivity index (χ3v) is 6.00. The fourth-order valence-electron chi connectivity index (χ4n) is 4.38. The van der Waals surface area contributed by atoms with Crippen molar-refractivity contribution < 1.29 is 14.3 Å². The van der Waals surface area contributed by atoms with Crippen LogP contribution in [0, 0.1) is 17.8 Å². The first-order valence-electron chi connectivity index (χ1n) is 10.1. The van der Waals surface area contributed by atoms with Crippen LogP contribution < -0.4 is 21.1 Å². The van der Waals surface area contributed by atoms with Crippen LogP contribution in [0.2, 0.25) is 0 Å². The highest BCUT2D eigenvalue weighted by atomic mass is 16.5. The summed E-state index contributed by atoms with van der Waals surface area (Å²) < 4.78 is 5.38. The third-order valence-electron chi connectivity index (χ3n) is 6.00. The molecule has 2 atom stereocenters. The molecule has 0 heterocycles. The molecule has 0 radical (unpaired) electrons. The van der Waals surface area contributed by atoms with Crippen LogP contribution in [0.15, 0.2) is 18.2 Å². The van der Waals surface area contributed by atoms with Crippen molar-refractivity contribution in [3.05, 3.63) is 18.2 Å². The Morgan fingerprint density at radius 2 is 1.81 bits per heavy atom. The molecule has 2 aliphatic rings. The largest absolute Gasteiger partial charge is 0.495 e. The normalized spacial score (nSPS) is 23.0. The van der Waals surface area contributed by atoms with E-state index >= 15 is 0 Å². The van der Waals surface area contributed by atoms with Gasteiger partial charge in [0.15, 0.2) is 0 Å². The minimum Gasteiger partial charge on any atom is -0.495 e. The van der Waals surface area contributed by atoms with Gasteiger partial charge in [-0.1, -0.05) is 25.7 Å². The number of carbonyl (C=O) groups is 2. The lowest BCUT2D eigenvalue weighted by atomic mass is 9.88. The first-order valence-corrected chi connectivity index (χ1v) is 10.1. The average molecular weight is 373 g/mol. The monoisotopic (exact) mass is 373 g/mol. The van der Waals surface area contributed by atoms with Crippen molar-refractivity contribution in [2.45, 2.75) is 51.4 Å². The average Bonchev–Trinajstić information content (AvgIpc) is 3.18. The molecule has 0 unspecified atom stereocenters. The number of benzene rings is 1. The van der Waals surface area contributed by atoms with Gasteiger partial charge in [-0.2, -0.15) is 0 Å². The molecule has 2 fully saturated rings. The molecule has 27 heavy (non-hydrogen) atoms. The van der Waals surface area contributed by atoms with Gasteiger partial charge in [0.2, 0.25) is 11.8 Å². The second-order valence-electron chi connectivity index (χ2n) is 7.76. The van der Waals surface area contributed by atoms with Crippen molar-refractivity contribution in [2.24, 2.45) is 23.5 Å². The zero-order valence-electron chi connectivity index (χ0n) is 16.1. The molecule has 4 N–H and O–H groups in total. The first-order chi connectivity index (χ1) is 13.1. The summed E-state index contributed by atoms with van der Waals surface area (Å²) in [4.78, 5) is 25.2. The topological polar surface area (TPSA) is 93.4 Å². The lowest BCUT2D eigenvalue weighted by Crippen LogP contribution is -2.29. The molecule has 3 rings (SSSR count). The van der Waals surface area contributed by atoms with Crippen molar-refractivity contribution in [3.63, 3.8) is 0 Å². The predicted octanol–water partition coefficient (Wildman–Crippen LogP) is 3.53. The van der Waals surface area contributed by atoms with Crippen molar-refractivity contribution >= 4 is 23.2 Å². The predicted molar refractivity (Wildman–Crippen MR) is 107 cm³/mol. The van der Waals surface area contributed by atoms with Gasteiger partial charge in [0.1, 0.15) is 5.75 Å². The minimum atomic E-state index is -0.0302. The second-order valence-corrected chi connectivity index (χ2v) is 7.76. The van der Waals surface area contributed by atoms with Crippen LogP contribution in [-0.4, -0.2) is 25.5 Å². The summed E-state index contributed by atoms with van der Waals surface area (Å²) in [6.45, 7) is 0.545.